The van der Waals surface area contributed by atoms with Crippen LogP contribution >= 0.6 is 0 Å². The topological polar surface area (TPSA) is 91.4 Å². The quantitative estimate of drug-likeness (QED) is 0.776. The zero-order valence-electron chi connectivity index (χ0n) is 12.4. The normalized spacial score (nSPS) is 21.3. The summed E-state index contributed by atoms with van der Waals surface area (Å²) in [6, 6.07) is 2.87. The molecule has 118 valence electrons. The van der Waals surface area contributed by atoms with Crippen molar-refractivity contribution in [2.75, 3.05) is 0 Å². The van der Waals surface area contributed by atoms with Crippen LogP contribution in [0.15, 0.2) is 48.6 Å². The molecule has 0 aliphatic carbocycles. The van der Waals surface area contributed by atoms with Crippen molar-refractivity contribution >= 4 is 17.7 Å². The Morgan fingerprint density at radius 1 is 1.39 bits per heavy atom. The molecule has 2 aliphatic heterocycles. The third kappa shape index (κ3) is 2.98. The highest BCUT2D eigenvalue weighted by Crippen LogP contribution is 2.22. The number of carbonyl (C=O) groups excluding carboxylic acids is 3. The molecule has 3 rings (SSSR count). The van der Waals surface area contributed by atoms with Gasteiger partial charge < -0.3 is 10.6 Å². The van der Waals surface area contributed by atoms with Crippen molar-refractivity contribution in [2.24, 2.45) is 0 Å². The Labute approximate surface area is 133 Å². The Morgan fingerprint density at radius 3 is 2.91 bits per heavy atom. The molecule has 1 atom stereocenters. The number of nitrogens with zero attached hydrogens (tertiary/aromatic N) is 2. The van der Waals surface area contributed by atoms with E-state index < -0.39 is 17.9 Å². The molecule has 0 aromatic carbocycles. The van der Waals surface area contributed by atoms with Gasteiger partial charge in [0.05, 0.1) is 0 Å². The molecule has 3 amide bonds. The first-order valence-corrected chi connectivity index (χ1v) is 7.27. The highest BCUT2D eigenvalue weighted by atomic mass is 16.2. The van der Waals surface area contributed by atoms with Gasteiger partial charge in [-0.15, -0.1) is 0 Å². The van der Waals surface area contributed by atoms with Crippen molar-refractivity contribution in [3.8, 4) is 0 Å². The van der Waals surface area contributed by atoms with Gasteiger partial charge in [0.25, 0.3) is 11.8 Å². The molecule has 3 heterocycles. The van der Waals surface area contributed by atoms with Gasteiger partial charge in [0, 0.05) is 30.7 Å². The molecule has 1 fully saturated rings. The number of nitrogens with one attached hydrogen (secondary N) is 2. The number of aromatic nitrogens is 1. The smallest absolute Gasteiger partial charge is 0.277 e. The Morgan fingerprint density at radius 2 is 2.22 bits per heavy atom. The van der Waals surface area contributed by atoms with Crippen molar-refractivity contribution in [2.45, 2.75) is 25.4 Å². The van der Waals surface area contributed by atoms with E-state index in [2.05, 4.69) is 22.2 Å². The molecular weight excluding hydrogens is 296 g/mol. The predicted octanol–water partition coefficient (Wildman–Crippen LogP) is 0.216. The maximum atomic E-state index is 12.4. The minimum atomic E-state index is -0.783. The number of pyridine rings is 1. The largest absolute Gasteiger partial charge is 0.376 e. The van der Waals surface area contributed by atoms with Gasteiger partial charge in [-0.3, -0.25) is 24.3 Å². The Balaban J connectivity index is 1.68. The van der Waals surface area contributed by atoms with Crippen LogP contribution in [0.3, 0.4) is 0 Å². The lowest BCUT2D eigenvalue weighted by atomic mass is 10.0. The van der Waals surface area contributed by atoms with Crippen LogP contribution in [0.5, 0.6) is 0 Å². The number of carbonyl (C=O) groups is 3. The minimum Gasteiger partial charge on any atom is -0.376 e. The van der Waals surface area contributed by atoms with Crippen molar-refractivity contribution in [1.29, 1.82) is 0 Å². The number of hydrogen-bond acceptors (Lipinski definition) is 5. The molecule has 0 saturated carbocycles. The Hall–Kier alpha value is -2.96. The van der Waals surface area contributed by atoms with E-state index in [4.69, 9.17) is 0 Å². The summed E-state index contributed by atoms with van der Waals surface area (Å²) in [5.41, 5.74) is 1.68. The fourth-order valence-electron chi connectivity index (χ4n) is 2.61. The molecule has 7 nitrogen and oxygen atoms in total. The number of allylic oxidation sites excluding steroid dienone is 1. The summed E-state index contributed by atoms with van der Waals surface area (Å²) in [5.74, 6) is -1.33. The van der Waals surface area contributed by atoms with Crippen LogP contribution in [0.1, 0.15) is 18.4 Å². The van der Waals surface area contributed by atoms with E-state index in [0.717, 1.165) is 10.5 Å². The fourth-order valence-corrected chi connectivity index (χ4v) is 2.61. The molecule has 1 saturated heterocycles. The van der Waals surface area contributed by atoms with Gasteiger partial charge in [0.1, 0.15) is 11.7 Å². The maximum absolute atomic E-state index is 12.4. The molecule has 0 bridgehead atoms. The number of amides is 3. The lowest BCUT2D eigenvalue weighted by Crippen LogP contribution is -2.52. The first-order chi connectivity index (χ1) is 11.1. The number of imide groups is 1. The molecule has 0 radical (unpaired) electrons. The molecule has 2 aliphatic rings. The fraction of sp³-hybridized carbons (Fsp3) is 0.250. The standard InChI is InChI=1S/C16H16N4O3/c1-10-4-5-13(15(22)19-10)20-14(21)7-12(16(20)23)18-9-11-3-2-6-17-8-11/h2-3,6-8,13,18H,1,4-5,9H2,(H,19,22). The van der Waals surface area contributed by atoms with E-state index in [1.54, 1.807) is 18.5 Å². The molecule has 0 spiro atoms. The average Bonchev–Trinajstić information content (AvgIpc) is 2.81. The molecule has 2 N–H and O–H groups in total. The van der Waals surface area contributed by atoms with Gasteiger partial charge in [0.2, 0.25) is 5.91 Å². The summed E-state index contributed by atoms with van der Waals surface area (Å²) in [5, 5.41) is 5.52. The molecule has 7 heteroatoms. The first kappa shape index (κ1) is 15.0. The van der Waals surface area contributed by atoms with Crippen LogP contribution in [0.2, 0.25) is 0 Å². The van der Waals surface area contributed by atoms with E-state index >= 15 is 0 Å². The summed E-state index contributed by atoms with van der Waals surface area (Å²) >= 11 is 0. The van der Waals surface area contributed by atoms with E-state index in [-0.39, 0.29) is 11.6 Å². The minimum absolute atomic E-state index is 0.191. The maximum Gasteiger partial charge on any atom is 0.277 e. The second-order valence-electron chi connectivity index (χ2n) is 5.43. The number of piperidine rings is 1. The van der Waals surface area contributed by atoms with Crippen LogP contribution < -0.4 is 10.6 Å². The third-order valence-electron chi connectivity index (χ3n) is 3.79. The lowest BCUT2D eigenvalue weighted by Gasteiger charge is -2.29. The molecule has 23 heavy (non-hydrogen) atoms. The highest BCUT2D eigenvalue weighted by molar-refractivity contribution is 6.17. The highest BCUT2D eigenvalue weighted by Gasteiger charge is 2.41. The van der Waals surface area contributed by atoms with E-state index in [9.17, 15) is 14.4 Å². The summed E-state index contributed by atoms with van der Waals surface area (Å²) < 4.78 is 0. The van der Waals surface area contributed by atoms with Gasteiger partial charge in [0.15, 0.2) is 0 Å². The SMILES string of the molecule is C=C1CCC(N2C(=O)C=C(NCc3cccnc3)C2=O)C(=O)N1. The van der Waals surface area contributed by atoms with Gasteiger partial charge in [-0.25, -0.2) is 0 Å². The Kier molecular flexibility index (Phi) is 3.92. The lowest BCUT2D eigenvalue weighted by molar-refractivity contribution is -0.146. The summed E-state index contributed by atoms with van der Waals surface area (Å²) in [4.78, 5) is 41.5. The van der Waals surface area contributed by atoms with Crippen LogP contribution in [-0.2, 0) is 20.9 Å². The second-order valence-corrected chi connectivity index (χ2v) is 5.43. The zero-order valence-corrected chi connectivity index (χ0v) is 12.4. The number of rotatable bonds is 4. The summed E-state index contributed by atoms with van der Waals surface area (Å²) in [6.45, 7) is 4.07. The van der Waals surface area contributed by atoms with Crippen molar-refractivity contribution in [3.63, 3.8) is 0 Å². The van der Waals surface area contributed by atoms with Gasteiger partial charge >= 0.3 is 0 Å². The predicted molar refractivity (Wildman–Crippen MR) is 81.3 cm³/mol. The van der Waals surface area contributed by atoms with Crippen LogP contribution in [0.25, 0.3) is 0 Å². The van der Waals surface area contributed by atoms with E-state index in [0.29, 0.717) is 25.1 Å². The molecular formula is C16H16N4O3. The van der Waals surface area contributed by atoms with Crippen molar-refractivity contribution in [3.05, 3.63) is 54.1 Å². The van der Waals surface area contributed by atoms with Crippen molar-refractivity contribution in [1.82, 2.24) is 20.5 Å². The Bertz CT molecular complexity index is 711. The second kappa shape index (κ2) is 6.04. The monoisotopic (exact) mass is 312 g/mol. The third-order valence-corrected chi connectivity index (χ3v) is 3.79. The van der Waals surface area contributed by atoms with E-state index in [1.165, 1.54) is 6.08 Å². The first-order valence-electron chi connectivity index (χ1n) is 7.27. The summed E-state index contributed by atoms with van der Waals surface area (Å²) in [6.07, 6.45) is 5.50. The van der Waals surface area contributed by atoms with Gasteiger partial charge in [-0.1, -0.05) is 12.6 Å². The van der Waals surface area contributed by atoms with Crippen LogP contribution in [-0.4, -0.2) is 33.6 Å². The van der Waals surface area contributed by atoms with E-state index in [1.807, 2.05) is 6.07 Å². The van der Waals surface area contributed by atoms with Gasteiger partial charge in [-0.05, 0) is 24.5 Å². The van der Waals surface area contributed by atoms with Gasteiger partial charge in [-0.2, -0.15) is 0 Å². The summed E-state index contributed by atoms with van der Waals surface area (Å²) in [7, 11) is 0. The average molecular weight is 312 g/mol. The molecule has 1 aromatic rings. The van der Waals surface area contributed by atoms with Crippen LogP contribution in [0, 0.1) is 0 Å². The number of hydrogen-bond donors (Lipinski definition) is 2. The zero-order chi connectivity index (χ0) is 16.4. The molecule has 1 aromatic heterocycles. The molecule has 1 unspecified atom stereocenters. The van der Waals surface area contributed by atoms with Crippen molar-refractivity contribution < 1.29 is 14.4 Å². The van der Waals surface area contributed by atoms with Crippen LogP contribution in [0.4, 0.5) is 0 Å².